The molecule has 0 radical (unpaired) electrons. The minimum atomic E-state index is -0.575. The summed E-state index contributed by atoms with van der Waals surface area (Å²) in [6.07, 6.45) is 5.70. The SMILES string of the molecule is Nc1cccc(-c2ccc(C(O)CCCCCCc3ccccc3)nn2)n1. The molecule has 2 aromatic heterocycles. The van der Waals surface area contributed by atoms with E-state index in [4.69, 9.17) is 5.73 Å². The second kappa shape index (κ2) is 9.78. The van der Waals surface area contributed by atoms with Crippen molar-refractivity contribution in [1.29, 1.82) is 0 Å². The lowest BCUT2D eigenvalue weighted by molar-refractivity contribution is 0.157. The van der Waals surface area contributed by atoms with Crippen LogP contribution in [-0.2, 0) is 6.42 Å². The molecule has 1 aromatic carbocycles. The van der Waals surface area contributed by atoms with Gasteiger partial charge in [-0.1, -0.05) is 55.7 Å². The Hall–Kier alpha value is -2.79. The minimum absolute atomic E-state index is 0.450. The standard InChI is InChI=1S/C22H26N4O/c23-22-14-8-12-18(24-22)19-15-16-20(26-25-19)21(27)13-7-2-1-4-9-17-10-5-3-6-11-17/h3,5-6,8,10-12,14-16,21,27H,1-2,4,7,9,13H2,(H2,23,24). The fourth-order valence-corrected chi connectivity index (χ4v) is 3.06. The molecule has 27 heavy (non-hydrogen) atoms. The molecule has 0 saturated carbocycles. The van der Waals surface area contributed by atoms with Crippen LogP contribution < -0.4 is 5.73 Å². The second-order valence-corrected chi connectivity index (χ2v) is 6.75. The van der Waals surface area contributed by atoms with Crippen molar-refractivity contribution in [2.75, 3.05) is 5.73 Å². The summed E-state index contributed by atoms with van der Waals surface area (Å²) in [6.45, 7) is 0. The number of benzene rings is 1. The topological polar surface area (TPSA) is 84.9 Å². The number of anilines is 1. The molecule has 3 rings (SSSR count). The molecule has 0 aliphatic carbocycles. The van der Waals surface area contributed by atoms with Gasteiger partial charge >= 0.3 is 0 Å². The second-order valence-electron chi connectivity index (χ2n) is 6.75. The molecule has 1 atom stereocenters. The first-order valence-corrected chi connectivity index (χ1v) is 9.51. The largest absolute Gasteiger partial charge is 0.387 e. The molecule has 5 heteroatoms. The van der Waals surface area contributed by atoms with Gasteiger partial charge in [-0.25, -0.2) is 4.98 Å². The highest BCUT2D eigenvalue weighted by molar-refractivity contribution is 5.55. The molecule has 0 amide bonds. The summed E-state index contributed by atoms with van der Waals surface area (Å²) in [5.41, 5.74) is 9.03. The van der Waals surface area contributed by atoms with Gasteiger partial charge in [0.2, 0.25) is 0 Å². The molecule has 0 fully saturated rings. The van der Waals surface area contributed by atoms with E-state index >= 15 is 0 Å². The van der Waals surface area contributed by atoms with Crippen LogP contribution in [0.2, 0.25) is 0 Å². The van der Waals surface area contributed by atoms with Crippen LogP contribution in [-0.4, -0.2) is 20.3 Å². The Labute approximate surface area is 160 Å². The Balaban J connectivity index is 1.40. The van der Waals surface area contributed by atoms with Gasteiger partial charge in [0.15, 0.2) is 0 Å². The highest BCUT2D eigenvalue weighted by atomic mass is 16.3. The number of rotatable bonds is 9. The maximum absolute atomic E-state index is 10.3. The third-order valence-corrected chi connectivity index (χ3v) is 4.60. The normalized spacial score (nSPS) is 12.0. The Morgan fingerprint density at radius 3 is 2.33 bits per heavy atom. The Morgan fingerprint density at radius 1 is 0.778 bits per heavy atom. The van der Waals surface area contributed by atoms with E-state index in [1.807, 2.05) is 30.3 Å². The van der Waals surface area contributed by atoms with E-state index in [9.17, 15) is 5.11 Å². The van der Waals surface area contributed by atoms with E-state index in [0.29, 0.717) is 29.3 Å². The fourth-order valence-electron chi connectivity index (χ4n) is 3.06. The van der Waals surface area contributed by atoms with E-state index < -0.39 is 6.10 Å². The highest BCUT2D eigenvalue weighted by Gasteiger charge is 2.10. The summed E-state index contributed by atoms with van der Waals surface area (Å²) in [7, 11) is 0. The number of nitrogens with two attached hydrogens (primary N) is 1. The highest BCUT2D eigenvalue weighted by Crippen LogP contribution is 2.20. The molecule has 0 saturated heterocycles. The van der Waals surface area contributed by atoms with E-state index in [1.165, 1.54) is 18.4 Å². The smallest absolute Gasteiger partial charge is 0.124 e. The van der Waals surface area contributed by atoms with Crippen LogP contribution in [0.4, 0.5) is 5.82 Å². The predicted octanol–water partition coefficient (Wildman–Crippen LogP) is 4.35. The van der Waals surface area contributed by atoms with E-state index in [0.717, 1.165) is 19.3 Å². The number of nitrogen functional groups attached to an aromatic ring is 1. The van der Waals surface area contributed by atoms with Gasteiger partial charge in [-0.3, -0.25) is 0 Å². The molecule has 5 nitrogen and oxygen atoms in total. The number of aromatic nitrogens is 3. The summed E-state index contributed by atoms with van der Waals surface area (Å²) < 4.78 is 0. The van der Waals surface area contributed by atoms with Gasteiger partial charge in [0.05, 0.1) is 17.5 Å². The first-order valence-electron chi connectivity index (χ1n) is 9.51. The van der Waals surface area contributed by atoms with Gasteiger partial charge in [-0.2, -0.15) is 5.10 Å². The Bertz CT molecular complexity index is 821. The molecule has 0 spiro atoms. The molecule has 3 N–H and O–H groups in total. The summed E-state index contributed by atoms with van der Waals surface area (Å²) in [5, 5.41) is 18.7. The zero-order chi connectivity index (χ0) is 18.9. The first-order chi connectivity index (χ1) is 13.2. The van der Waals surface area contributed by atoms with Gasteiger partial charge in [-0.15, -0.1) is 5.10 Å². The summed E-state index contributed by atoms with van der Waals surface area (Å²) in [4.78, 5) is 4.23. The van der Waals surface area contributed by atoms with Crippen LogP contribution in [0.25, 0.3) is 11.4 Å². The zero-order valence-electron chi connectivity index (χ0n) is 15.5. The number of hydrogen-bond donors (Lipinski definition) is 2. The number of aryl methyl sites for hydroxylation is 1. The minimum Gasteiger partial charge on any atom is -0.387 e. The molecular weight excluding hydrogens is 336 g/mol. The number of unbranched alkanes of at least 4 members (excludes halogenated alkanes) is 3. The molecule has 3 aromatic rings. The van der Waals surface area contributed by atoms with Gasteiger partial charge in [0.25, 0.3) is 0 Å². The fraction of sp³-hybridized carbons (Fsp3) is 0.318. The maximum Gasteiger partial charge on any atom is 0.124 e. The van der Waals surface area contributed by atoms with E-state index in [1.54, 1.807) is 6.07 Å². The molecule has 2 heterocycles. The van der Waals surface area contributed by atoms with Gasteiger partial charge < -0.3 is 10.8 Å². The van der Waals surface area contributed by atoms with Crippen molar-refractivity contribution in [3.8, 4) is 11.4 Å². The van der Waals surface area contributed by atoms with Crippen molar-refractivity contribution in [2.24, 2.45) is 0 Å². The van der Waals surface area contributed by atoms with Crippen LogP contribution in [0, 0.1) is 0 Å². The number of nitrogens with zero attached hydrogens (tertiary/aromatic N) is 3. The lowest BCUT2D eigenvalue weighted by Crippen LogP contribution is -2.03. The molecule has 0 aliphatic rings. The third kappa shape index (κ3) is 5.86. The van der Waals surface area contributed by atoms with Crippen molar-refractivity contribution < 1.29 is 5.11 Å². The van der Waals surface area contributed by atoms with Crippen molar-refractivity contribution in [3.05, 3.63) is 71.9 Å². The van der Waals surface area contributed by atoms with Gasteiger partial charge in [-0.05, 0) is 49.1 Å². The molecular formula is C22H26N4O. The van der Waals surface area contributed by atoms with E-state index in [-0.39, 0.29) is 0 Å². The lowest BCUT2D eigenvalue weighted by atomic mass is 10.0. The first kappa shape index (κ1) is 19.0. The van der Waals surface area contributed by atoms with Crippen LogP contribution in [0.15, 0.2) is 60.7 Å². The average molecular weight is 362 g/mol. The average Bonchev–Trinajstić information content (AvgIpc) is 2.71. The Kier molecular flexibility index (Phi) is 6.88. The van der Waals surface area contributed by atoms with Crippen LogP contribution >= 0.6 is 0 Å². The summed E-state index contributed by atoms with van der Waals surface area (Å²) in [5.74, 6) is 0.450. The number of aliphatic hydroxyl groups excluding tert-OH is 1. The third-order valence-electron chi connectivity index (χ3n) is 4.60. The van der Waals surface area contributed by atoms with Crippen molar-refractivity contribution in [3.63, 3.8) is 0 Å². The van der Waals surface area contributed by atoms with Gasteiger partial charge in [0, 0.05) is 0 Å². The Morgan fingerprint density at radius 2 is 1.59 bits per heavy atom. The monoisotopic (exact) mass is 362 g/mol. The molecule has 140 valence electrons. The number of aliphatic hydroxyl groups is 1. The number of pyridine rings is 1. The number of hydrogen-bond acceptors (Lipinski definition) is 5. The van der Waals surface area contributed by atoms with Crippen molar-refractivity contribution in [2.45, 2.75) is 44.6 Å². The molecule has 0 aliphatic heterocycles. The van der Waals surface area contributed by atoms with Crippen LogP contribution in [0.5, 0.6) is 0 Å². The van der Waals surface area contributed by atoms with Crippen LogP contribution in [0.1, 0.15) is 49.5 Å². The summed E-state index contributed by atoms with van der Waals surface area (Å²) >= 11 is 0. The predicted molar refractivity (Wildman–Crippen MR) is 108 cm³/mol. The summed E-state index contributed by atoms with van der Waals surface area (Å²) in [6, 6.07) is 19.6. The lowest BCUT2D eigenvalue weighted by Gasteiger charge is -2.10. The van der Waals surface area contributed by atoms with Crippen molar-refractivity contribution >= 4 is 5.82 Å². The van der Waals surface area contributed by atoms with Crippen molar-refractivity contribution in [1.82, 2.24) is 15.2 Å². The molecule has 1 unspecified atom stereocenters. The maximum atomic E-state index is 10.3. The van der Waals surface area contributed by atoms with Crippen LogP contribution in [0.3, 0.4) is 0 Å². The zero-order valence-corrected chi connectivity index (χ0v) is 15.5. The van der Waals surface area contributed by atoms with E-state index in [2.05, 4.69) is 39.4 Å². The van der Waals surface area contributed by atoms with Gasteiger partial charge in [0.1, 0.15) is 11.5 Å². The molecule has 0 bridgehead atoms. The quantitative estimate of drug-likeness (QED) is 0.553.